The summed E-state index contributed by atoms with van der Waals surface area (Å²) in [6.45, 7) is -0.950. The average Bonchev–Trinajstić information content (AvgIpc) is 2.91. The molecule has 2 aromatic rings. The summed E-state index contributed by atoms with van der Waals surface area (Å²) in [6.07, 6.45) is 4.60. The van der Waals surface area contributed by atoms with Gasteiger partial charge >= 0.3 is 0 Å². The van der Waals surface area contributed by atoms with E-state index in [4.69, 9.17) is 16.9 Å². The number of nitrogen functional groups attached to an aromatic ring is 1. The number of imidazole rings is 1. The summed E-state index contributed by atoms with van der Waals surface area (Å²) in [7, 11) is 0. The van der Waals surface area contributed by atoms with E-state index in [1.165, 1.54) is 17.1 Å². The van der Waals surface area contributed by atoms with Crippen LogP contribution >= 0.6 is 0 Å². The van der Waals surface area contributed by atoms with Gasteiger partial charge in [0.25, 0.3) is 0 Å². The van der Waals surface area contributed by atoms with Crippen LogP contribution in [-0.2, 0) is 4.74 Å². The molecule has 0 aromatic carbocycles. The van der Waals surface area contributed by atoms with Gasteiger partial charge in [0.15, 0.2) is 11.9 Å². The zero-order valence-corrected chi connectivity index (χ0v) is 11.0. The normalized spacial score (nSPS) is 15.5. The largest absolute Gasteiger partial charge is 0.394 e. The second kappa shape index (κ2) is 6.47. The predicted molar refractivity (Wildman–Crippen MR) is 72.7 cm³/mol. The predicted octanol–water partition coefficient (Wildman–Crippen LogP) is -1.73. The van der Waals surface area contributed by atoms with Crippen molar-refractivity contribution in [1.82, 2.24) is 19.5 Å². The molecule has 0 aliphatic rings. The number of anilines is 1. The monoisotopic (exact) mass is 293 g/mol. The smallest absolute Gasteiger partial charge is 0.222 e. The van der Waals surface area contributed by atoms with Crippen molar-refractivity contribution in [3.05, 3.63) is 12.5 Å². The number of rotatable bonds is 6. The summed E-state index contributed by atoms with van der Waals surface area (Å²) in [4.78, 5) is 11.9. The Hall–Kier alpha value is -2.25. The summed E-state index contributed by atoms with van der Waals surface area (Å²) in [5.41, 5.74) is 6.33. The number of fused-ring (bicyclic) bond motifs is 1. The minimum atomic E-state index is -1.31. The number of hydrogen-bond acceptors (Lipinski definition) is 8. The van der Waals surface area contributed by atoms with Crippen LogP contribution < -0.4 is 5.73 Å². The molecule has 0 saturated heterocycles. The van der Waals surface area contributed by atoms with E-state index < -0.39 is 31.6 Å². The molecule has 0 saturated carbocycles. The molecule has 9 heteroatoms. The van der Waals surface area contributed by atoms with Crippen molar-refractivity contribution in [1.29, 1.82) is 0 Å². The second-order valence-corrected chi connectivity index (χ2v) is 4.19. The van der Waals surface area contributed by atoms with Crippen molar-refractivity contribution in [2.24, 2.45) is 0 Å². The standard InChI is InChI=1S/C12H15N5O4/c1-2-8(20)9(4-18)21-10(5-19)17-6-15-7-3-14-12(13)16-11(7)17/h1,3,6,8-10,18-20H,4-5H2,(H2,13,14,16)/t8-,9+,10+/m0/s1. The van der Waals surface area contributed by atoms with Crippen LogP contribution in [0.2, 0.25) is 0 Å². The molecule has 0 unspecified atom stereocenters. The van der Waals surface area contributed by atoms with E-state index in [0.717, 1.165) is 0 Å². The highest BCUT2D eigenvalue weighted by Crippen LogP contribution is 2.19. The Kier molecular flexibility index (Phi) is 4.66. The van der Waals surface area contributed by atoms with Crippen molar-refractivity contribution in [3.63, 3.8) is 0 Å². The van der Waals surface area contributed by atoms with Crippen LogP contribution in [0.15, 0.2) is 12.5 Å². The fraction of sp³-hybridized carbons (Fsp3) is 0.417. The first kappa shape index (κ1) is 15.1. The first-order valence-electron chi connectivity index (χ1n) is 6.07. The number of terminal acetylenes is 1. The lowest BCUT2D eigenvalue weighted by atomic mass is 10.2. The minimum Gasteiger partial charge on any atom is -0.394 e. The highest BCUT2D eigenvalue weighted by atomic mass is 16.5. The van der Waals surface area contributed by atoms with Crippen LogP contribution in [0.1, 0.15) is 6.23 Å². The van der Waals surface area contributed by atoms with Crippen LogP contribution in [0.25, 0.3) is 11.2 Å². The van der Waals surface area contributed by atoms with Gasteiger partial charge in [0.1, 0.15) is 17.7 Å². The zero-order valence-electron chi connectivity index (χ0n) is 11.0. The Morgan fingerprint density at radius 3 is 2.76 bits per heavy atom. The van der Waals surface area contributed by atoms with Gasteiger partial charge in [0.2, 0.25) is 5.95 Å². The SMILES string of the molecule is C#C[C@H](O)[C@@H](CO)O[C@H](CO)n1cnc2cnc(N)nc21. The first-order chi connectivity index (χ1) is 10.1. The third-order valence-electron chi connectivity index (χ3n) is 2.84. The molecule has 2 rings (SSSR count). The van der Waals surface area contributed by atoms with Crippen LogP contribution in [0.5, 0.6) is 0 Å². The molecule has 5 N–H and O–H groups in total. The molecule has 0 aliphatic heterocycles. The van der Waals surface area contributed by atoms with Crippen molar-refractivity contribution < 1.29 is 20.1 Å². The topological polar surface area (TPSA) is 140 Å². The van der Waals surface area contributed by atoms with Crippen molar-refractivity contribution in [2.45, 2.75) is 18.4 Å². The summed E-state index contributed by atoms with van der Waals surface area (Å²) in [6, 6.07) is 0. The Bertz CT molecular complexity index is 653. The summed E-state index contributed by atoms with van der Waals surface area (Å²) < 4.78 is 6.84. The summed E-state index contributed by atoms with van der Waals surface area (Å²) >= 11 is 0. The van der Waals surface area contributed by atoms with E-state index in [2.05, 4.69) is 20.9 Å². The van der Waals surface area contributed by atoms with Gasteiger partial charge in [-0.2, -0.15) is 4.98 Å². The van der Waals surface area contributed by atoms with E-state index in [0.29, 0.717) is 11.2 Å². The maximum absolute atomic E-state index is 9.54. The molecule has 2 aromatic heterocycles. The molecule has 0 radical (unpaired) electrons. The second-order valence-electron chi connectivity index (χ2n) is 4.19. The molecular formula is C12H15N5O4. The lowest BCUT2D eigenvalue weighted by molar-refractivity contribution is -0.124. The quantitative estimate of drug-likeness (QED) is 0.461. The van der Waals surface area contributed by atoms with Gasteiger partial charge in [-0.3, -0.25) is 4.57 Å². The molecule has 21 heavy (non-hydrogen) atoms. The van der Waals surface area contributed by atoms with Gasteiger partial charge in [-0.25, -0.2) is 9.97 Å². The highest BCUT2D eigenvalue weighted by molar-refractivity contribution is 5.70. The van der Waals surface area contributed by atoms with Gasteiger partial charge in [-0.1, -0.05) is 5.92 Å². The maximum Gasteiger partial charge on any atom is 0.222 e. The Balaban J connectivity index is 2.31. The molecule has 3 atom stereocenters. The van der Waals surface area contributed by atoms with Gasteiger partial charge in [-0.05, 0) is 0 Å². The summed E-state index contributed by atoms with van der Waals surface area (Å²) in [5.74, 6) is 2.10. The van der Waals surface area contributed by atoms with Crippen LogP contribution in [-0.4, -0.2) is 60.3 Å². The molecule has 9 nitrogen and oxygen atoms in total. The number of nitrogens with two attached hydrogens (primary N) is 1. The van der Waals surface area contributed by atoms with E-state index in [9.17, 15) is 15.3 Å². The van der Waals surface area contributed by atoms with Gasteiger partial charge in [-0.15, -0.1) is 6.42 Å². The zero-order chi connectivity index (χ0) is 15.4. The van der Waals surface area contributed by atoms with Crippen molar-refractivity contribution in [3.8, 4) is 12.3 Å². The Morgan fingerprint density at radius 2 is 2.14 bits per heavy atom. The van der Waals surface area contributed by atoms with Gasteiger partial charge in [0, 0.05) is 0 Å². The molecule has 0 spiro atoms. The van der Waals surface area contributed by atoms with E-state index in [1.54, 1.807) is 0 Å². The number of aromatic nitrogens is 4. The maximum atomic E-state index is 9.54. The van der Waals surface area contributed by atoms with Crippen molar-refractivity contribution in [2.75, 3.05) is 18.9 Å². The van der Waals surface area contributed by atoms with Gasteiger partial charge < -0.3 is 25.8 Å². The Labute approximate surface area is 120 Å². The molecule has 112 valence electrons. The van der Waals surface area contributed by atoms with Crippen LogP contribution in [0.4, 0.5) is 5.95 Å². The van der Waals surface area contributed by atoms with E-state index in [1.807, 2.05) is 0 Å². The average molecular weight is 293 g/mol. The molecule has 0 amide bonds. The molecule has 0 fully saturated rings. The first-order valence-corrected chi connectivity index (χ1v) is 6.07. The van der Waals surface area contributed by atoms with E-state index >= 15 is 0 Å². The number of aliphatic hydroxyl groups is 3. The van der Waals surface area contributed by atoms with Crippen LogP contribution in [0.3, 0.4) is 0 Å². The number of hydrogen-bond donors (Lipinski definition) is 4. The molecular weight excluding hydrogens is 278 g/mol. The minimum absolute atomic E-state index is 0.0447. The summed E-state index contributed by atoms with van der Waals surface area (Å²) in [5, 5.41) is 28.2. The number of ether oxygens (including phenoxy) is 1. The fourth-order valence-corrected chi connectivity index (χ4v) is 1.77. The highest BCUT2D eigenvalue weighted by Gasteiger charge is 2.24. The fourth-order valence-electron chi connectivity index (χ4n) is 1.77. The number of nitrogens with zero attached hydrogens (tertiary/aromatic N) is 4. The lowest BCUT2D eigenvalue weighted by Crippen LogP contribution is -2.35. The van der Waals surface area contributed by atoms with Crippen LogP contribution in [0, 0.1) is 12.3 Å². The Morgan fingerprint density at radius 1 is 1.38 bits per heavy atom. The van der Waals surface area contributed by atoms with Crippen molar-refractivity contribution >= 4 is 17.1 Å². The third-order valence-corrected chi connectivity index (χ3v) is 2.84. The lowest BCUT2D eigenvalue weighted by Gasteiger charge is -2.24. The molecule has 2 heterocycles. The molecule has 0 bridgehead atoms. The van der Waals surface area contributed by atoms with E-state index in [-0.39, 0.29) is 5.95 Å². The molecule has 0 aliphatic carbocycles. The third kappa shape index (κ3) is 3.09. The number of aliphatic hydroxyl groups excluding tert-OH is 3. The van der Waals surface area contributed by atoms with Gasteiger partial charge in [0.05, 0.1) is 25.7 Å².